The molecule has 0 aliphatic carbocycles. The molecule has 0 amide bonds. The minimum atomic E-state index is -0.560. The summed E-state index contributed by atoms with van der Waals surface area (Å²) in [5.41, 5.74) is -0.591. The van der Waals surface area contributed by atoms with Crippen molar-refractivity contribution in [2.45, 2.75) is 26.3 Å². The molecule has 3 rings (SSSR count). The van der Waals surface area contributed by atoms with Gasteiger partial charge in [-0.1, -0.05) is 13.3 Å². The number of methoxy groups -OCH3 is 2. The molecule has 0 fully saturated rings. The van der Waals surface area contributed by atoms with Gasteiger partial charge in [0.25, 0.3) is 5.56 Å². The smallest absolute Gasteiger partial charge is 0.330 e. The Morgan fingerprint density at radius 1 is 1.15 bits per heavy atom. The van der Waals surface area contributed by atoms with E-state index in [1.807, 2.05) is 6.92 Å². The zero-order valence-electron chi connectivity index (χ0n) is 14.8. The second kappa shape index (κ2) is 7.34. The molecule has 0 aliphatic heterocycles. The van der Waals surface area contributed by atoms with Gasteiger partial charge in [0.05, 0.1) is 14.2 Å². The topological polar surface area (TPSA) is 100 Å². The van der Waals surface area contributed by atoms with Crippen LogP contribution in [0.3, 0.4) is 0 Å². The number of aryl methyl sites for hydroxylation is 1. The van der Waals surface area contributed by atoms with Crippen LogP contribution in [-0.4, -0.2) is 33.5 Å². The van der Waals surface area contributed by atoms with E-state index in [9.17, 15) is 9.59 Å². The number of nitrogens with one attached hydrogen (secondary N) is 1. The fourth-order valence-electron chi connectivity index (χ4n) is 2.62. The number of hydrogen-bond donors (Lipinski definition) is 1. The van der Waals surface area contributed by atoms with Crippen LogP contribution in [0.5, 0.6) is 17.2 Å². The van der Waals surface area contributed by atoms with Gasteiger partial charge in [0.2, 0.25) is 0 Å². The number of hydrogen-bond acceptors (Lipinski definition) is 6. The van der Waals surface area contributed by atoms with E-state index >= 15 is 0 Å². The highest BCUT2D eigenvalue weighted by atomic mass is 16.7. The second-order valence-corrected chi connectivity index (χ2v) is 5.62. The van der Waals surface area contributed by atoms with Crippen LogP contribution in [0.4, 0.5) is 0 Å². The molecule has 1 N–H and O–H groups in total. The lowest BCUT2D eigenvalue weighted by atomic mass is 10.3. The van der Waals surface area contributed by atoms with Crippen LogP contribution < -0.4 is 25.6 Å². The summed E-state index contributed by atoms with van der Waals surface area (Å²) in [5.74, 6) is 1.47. The van der Waals surface area contributed by atoms with Crippen molar-refractivity contribution < 1.29 is 14.3 Å². The Hall–Kier alpha value is -3.23. The predicted octanol–water partition coefficient (Wildman–Crippen LogP) is 1.55. The Morgan fingerprint density at radius 3 is 2.62 bits per heavy atom. The molecular formula is C17H20N4O5. The van der Waals surface area contributed by atoms with E-state index in [4.69, 9.17) is 14.3 Å². The largest absolute Gasteiger partial charge is 0.493 e. The third-order valence-electron chi connectivity index (χ3n) is 3.95. The van der Waals surface area contributed by atoms with Crippen molar-refractivity contribution in [2.75, 3.05) is 14.2 Å². The van der Waals surface area contributed by atoms with Gasteiger partial charge in [-0.3, -0.25) is 14.3 Å². The molecular weight excluding hydrogens is 340 g/mol. The fourth-order valence-corrected chi connectivity index (χ4v) is 2.62. The number of ether oxygens (including phenoxy) is 2. The zero-order valence-corrected chi connectivity index (χ0v) is 14.8. The highest BCUT2D eigenvalue weighted by Gasteiger charge is 2.15. The summed E-state index contributed by atoms with van der Waals surface area (Å²) in [5, 5.41) is 0. The minimum absolute atomic E-state index is 0.162. The van der Waals surface area contributed by atoms with Crippen molar-refractivity contribution >= 4 is 11.2 Å². The third kappa shape index (κ3) is 3.15. The molecule has 0 saturated heterocycles. The van der Waals surface area contributed by atoms with Crippen molar-refractivity contribution in [3.63, 3.8) is 0 Å². The first-order chi connectivity index (χ1) is 12.6. The normalized spacial score (nSPS) is 10.9. The highest BCUT2D eigenvalue weighted by molar-refractivity contribution is 5.69. The summed E-state index contributed by atoms with van der Waals surface area (Å²) in [6, 6.07) is 5.00. The third-order valence-corrected chi connectivity index (χ3v) is 3.95. The molecule has 0 saturated carbocycles. The summed E-state index contributed by atoms with van der Waals surface area (Å²) < 4.78 is 13.1. The molecule has 0 radical (unpaired) electrons. The number of nitrogens with zero attached hydrogens (tertiary/aromatic N) is 3. The number of rotatable bonds is 7. The Labute approximate surface area is 148 Å². The minimum Gasteiger partial charge on any atom is -0.493 e. The number of aromatic nitrogens is 4. The molecule has 0 spiro atoms. The van der Waals surface area contributed by atoms with E-state index in [1.54, 1.807) is 18.2 Å². The van der Waals surface area contributed by atoms with Gasteiger partial charge in [0, 0.05) is 12.6 Å². The average Bonchev–Trinajstić information content (AvgIpc) is 3.05. The SMILES string of the molecule is CCCCn1c(=O)[nH]c(=O)c2c1ncn2Oc1ccc(OC)c(OC)c1. The van der Waals surface area contributed by atoms with Crippen LogP contribution in [0, 0.1) is 0 Å². The lowest BCUT2D eigenvalue weighted by Gasteiger charge is -2.11. The van der Waals surface area contributed by atoms with Crippen molar-refractivity contribution in [1.82, 2.24) is 19.3 Å². The number of H-pyrrole nitrogens is 1. The second-order valence-electron chi connectivity index (χ2n) is 5.62. The maximum atomic E-state index is 12.3. The maximum absolute atomic E-state index is 12.3. The molecule has 0 bridgehead atoms. The summed E-state index contributed by atoms with van der Waals surface area (Å²) in [6.07, 6.45) is 3.07. The molecule has 1 aromatic carbocycles. The Bertz CT molecular complexity index is 1030. The molecule has 9 nitrogen and oxygen atoms in total. The van der Waals surface area contributed by atoms with Crippen LogP contribution in [0.1, 0.15) is 19.8 Å². The molecule has 138 valence electrons. The maximum Gasteiger partial charge on any atom is 0.330 e. The van der Waals surface area contributed by atoms with Crippen LogP contribution in [0.25, 0.3) is 11.2 Å². The van der Waals surface area contributed by atoms with Crippen molar-refractivity contribution in [2.24, 2.45) is 0 Å². The van der Waals surface area contributed by atoms with Crippen LogP contribution in [-0.2, 0) is 6.54 Å². The summed E-state index contributed by atoms with van der Waals surface area (Å²) >= 11 is 0. The van der Waals surface area contributed by atoms with Crippen molar-refractivity contribution in [3.8, 4) is 17.2 Å². The highest BCUT2D eigenvalue weighted by Crippen LogP contribution is 2.31. The molecule has 2 heterocycles. The number of benzene rings is 1. The Kier molecular flexibility index (Phi) is 4.97. The number of fused-ring (bicyclic) bond motifs is 1. The van der Waals surface area contributed by atoms with Crippen LogP contribution >= 0.6 is 0 Å². The van der Waals surface area contributed by atoms with Crippen molar-refractivity contribution in [3.05, 3.63) is 45.4 Å². The summed E-state index contributed by atoms with van der Waals surface area (Å²) in [7, 11) is 3.06. The van der Waals surface area contributed by atoms with E-state index in [-0.39, 0.29) is 11.2 Å². The van der Waals surface area contributed by atoms with Gasteiger partial charge < -0.3 is 14.3 Å². The molecule has 2 aromatic heterocycles. The predicted molar refractivity (Wildman–Crippen MR) is 95.1 cm³/mol. The quantitative estimate of drug-likeness (QED) is 0.686. The molecule has 3 aromatic rings. The fraction of sp³-hybridized carbons (Fsp3) is 0.353. The summed E-state index contributed by atoms with van der Waals surface area (Å²) in [4.78, 5) is 36.6. The lowest BCUT2D eigenvalue weighted by Crippen LogP contribution is -2.31. The molecule has 0 atom stereocenters. The first-order valence-electron chi connectivity index (χ1n) is 8.19. The van der Waals surface area contributed by atoms with E-state index in [0.717, 1.165) is 12.8 Å². The first kappa shape index (κ1) is 17.6. The lowest BCUT2D eigenvalue weighted by molar-refractivity contribution is 0.224. The molecule has 0 aliphatic rings. The average molecular weight is 360 g/mol. The number of aromatic amines is 1. The van der Waals surface area contributed by atoms with E-state index in [0.29, 0.717) is 23.8 Å². The van der Waals surface area contributed by atoms with Crippen LogP contribution in [0.2, 0.25) is 0 Å². The molecule has 26 heavy (non-hydrogen) atoms. The van der Waals surface area contributed by atoms with Gasteiger partial charge in [-0.25, -0.2) is 9.78 Å². The van der Waals surface area contributed by atoms with Gasteiger partial charge in [-0.05, 0) is 18.6 Å². The van der Waals surface area contributed by atoms with Gasteiger partial charge >= 0.3 is 5.69 Å². The summed E-state index contributed by atoms with van der Waals surface area (Å²) in [6.45, 7) is 2.49. The van der Waals surface area contributed by atoms with E-state index < -0.39 is 11.2 Å². The van der Waals surface area contributed by atoms with Gasteiger partial charge in [-0.2, -0.15) is 4.73 Å². The van der Waals surface area contributed by atoms with Gasteiger partial charge in [0.15, 0.2) is 28.4 Å². The Morgan fingerprint density at radius 2 is 1.92 bits per heavy atom. The first-order valence-corrected chi connectivity index (χ1v) is 8.19. The van der Waals surface area contributed by atoms with Crippen LogP contribution in [0.15, 0.2) is 34.1 Å². The zero-order chi connectivity index (χ0) is 18.7. The van der Waals surface area contributed by atoms with E-state index in [1.165, 1.54) is 29.8 Å². The van der Waals surface area contributed by atoms with Crippen molar-refractivity contribution in [1.29, 1.82) is 0 Å². The number of imidazole rings is 1. The molecule has 9 heteroatoms. The number of unbranched alkanes of at least 4 members (excludes halogenated alkanes) is 1. The van der Waals surface area contributed by atoms with Gasteiger partial charge in [-0.15, -0.1) is 0 Å². The standard InChI is InChI=1S/C17H20N4O5/c1-4-5-8-20-15-14(16(22)19-17(20)23)21(10-18-15)26-11-6-7-12(24-2)13(9-11)25-3/h6-7,9-10H,4-5,8H2,1-3H3,(H,19,22,23). The monoisotopic (exact) mass is 360 g/mol. The van der Waals surface area contributed by atoms with E-state index in [2.05, 4.69) is 9.97 Å². The van der Waals surface area contributed by atoms with Gasteiger partial charge in [0.1, 0.15) is 6.33 Å². The Balaban J connectivity index is 2.04. The molecule has 0 unspecified atom stereocenters.